The van der Waals surface area contributed by atoms with Crippen molar-refractivity contribution in [1.29, 1.82) is 0 Å². The van der Waals surface area contributed by atoms with Gasteiger partial charge in [0.25, 0.3) is 11.8 Å². The molecule has 2 aliphatic heterocycles. The minimum atomic E-state index is -0.241. The van der Waals surface area contributed by atoms with E-state index in [0.717, 1.165) is 36.3 Å². The number of carbonyl (C=O) groups excluding carboxylic acids is 2. The fourth-order valence-corrected chi connectivity index (χ4v) is 2.83. The number of amides is 2. The van der Waals surface area contributed by atoms with Crippen LogP contribution in [-0.2, 0) is 9.59 Å². The van der Waals surface area contributed by atoms with Gasteiger partial charge in [0.05, 0.1) is 12.1 Å². The molecule has 6 heteroatoms. The Morgan fingerprint density at radius 2 is 2.23 bits per heavy atom. The van der Waals surface area contributed by atoms with E-state index < -0.39 is 0 Å². The minimum Gasteiger partial charge on any atom is -0.347 e. The van der Waals surface area contributed by atoms with E-state index in [1.54, 1.807) is 0 Å². The number of aryl methyl sites for hydroxylation is 2. The van der Waals surface area contributed by atoms with Crippen LogP contribution < -0.4 is 15.6 Å². The number of nitrogens with one attached hydrogen (secondary N) is 2. The van der Waals surface area contributed by atoms with Crippen molar-refractivity contribution in [2.24, 2.45) is 5.10 Å². The van der Waals surface area contributed by atoms with E-state index in [9.17, 15) is 9.59 Å². The van der Waals surface area contributed by atoms with Crippen LogP contribution in [0.4, 0.5) is 5.69 Å². The standard InChI is InChI=1S/C16H20N4O2/c1-10-3-4-14(11(2)7-10)20-15(21)8-13(19-20)16(22)18-12-5-6-17-9-12/h3-4,7,12,17H,5-6,8-9H2,1-2H3,(H,18,22)/t12-/m0/s1. The molecule has 1 fully saturated rings. The number of rotatable bonds is 3. The van der Waals surface area contributed by atoms with Gasteiger partial charge in [-0.3, -0.25) is 9.59 Å². The second-order valence-corrected chi connectivity index (χ2v) is 5.88. The normalized spacial score (nSPS) is 21.2. The van der Waals surface area contributed by atoms with Crippen LogP contribution in [0.25, 0.3) is 0 Å². The van der Waals surface area contributed by atoms with Gasteiger partial charge >= 0.3 is 0 Å². The zero-order chi connectivity index (χ0) is 15.7. The Morgan fingerprint density at radius 3 is 2.91 bits per heavy atom. The zero-order valence-corrected chi connectivity index (χ0v) is 12.8. The molecular formula is C16H20N4O2. The molecule has 2 N–H and O–H groups in total. The van der Waals surface area contributed by atoms with Crippen LogP contribution in [0, 0.1) is 13.8 Å². The van der Waals surface area contributed by atoms with E-state index in [4.69, 9.17) is 0 Å². The molecule has 0 aliphatic carbocycles. The van der Waals surface area contributed by atoms with Gasteiger partial charge in [-0.1, -0.05) is 17.7 Å². The summed E-state index contributed by atoms with van der Waals surface area (Å²) in [5.41, 5.74) is 3.13. The number of hydrazone groups is 1. The summed E-state index contributed by atoms with van der Waals surface area (Å²) in [4.78, 5) is 24.4. The molecule has 0 aromatic heterocycles. The Bertz CT molecular complexity index is 648. The van der Waals surface area contributed by atoms with Crippen molar-refractivity contribution in [3.05, 3.63) is 29.3 Å². The van der Waals surface area contributed by atoms with Gasteiger partial charge in [0.2, 0.25) is 0 Å². The first-order valence-corrected chi connectivity index (χ1v) is 7.54. The smallest absolute Gasteiger partial charge is 0.268 e. The molecule has 0 bridgehead atoms. The van der Waals surface area contributed by atoms with Gasteiger partial charge in [-0.2, -0.15) is 10.1 Å². The molecule has 0 unspecified atom stereocenters. The molecule has 116 valence electrons. The second kappa shape index (κ2) is 5.88. The number of hydrogen-bond donors (Lipinski definition) is 2. The van der Waals surface area contributed by atoms with Gasteiger partial charge in [0.1, 0.15) is 5.71 Å². The summed E-state index contributed by atoms with van der Waals surface area (Å²) in [6, 6.07) is 5.93. The maximum atomic E-state index is 12.2. The van der Waals surface area contributed by atoms with Crippen LogP contribution in [0.15, 0.2) is 23.3 Å². The summed E-state index contributed by atoms with van der Waals surface area (Å²) in [6.45, 7) is 5.62. The van der Waals surface area contributed by atoms with Crippen LogP contribution in [-0.4, -0.2) is 36.7 Å². The van der Waals surface area contributed by atoms with Crippen LogP contribution in [0.5, 0.6) is 0 Å². The van der Waals surface area contributed by atoms with Crippen molar-refractivity contribution in [1.82, 2.24) is 10.6 Å². The summed E-state index contributed by atoms with van der Waals surface area (Å²) >= 11 is 0. The number of carbonyl (C=O) groups is 2. The third-order valence-electron chi connectivity index (χ3n) is 4.01. The van der Waals surface area contributed by atoms with Gasteiger partial charge in [0, 0.05) is 12.6 Å². The van der Waals surface area contributed by atoms with Crippen molar-refractivity contribution >= 4 is 23.2 Å². The molecule has 0 saturated carbocycles. The van der Waals surface area contributed by atoms with Gasteiger partial charge in [-0.15, -0.1) is 0 Å². The summed E-state index contributed by atoms with van der Waals surface area (Å²) in [5.74, 6) is -0.407. The summed E-state index contributed by atoms with van der Waals surface area (Å²) in [5, 5.41) is 11.7. The van der Waals surface area contributed by atoms with Crippen molar-refractivity contribution in [2.75, 3.05) is 18.1 Å². The predicted molar refractivity (Wildman–Crippen MR) is 84.9 cm³/mol. The molecule has 0 spiro atoms. The first kappa shape index (κ1) is 14.7. The summed E-state index contributed by atoms with van der Waals surface area (Å²) in [7, 11) is 0. The molecule has 1 atom stereocenters. The molecule has 1 aromatic carbocycles. The van der Waals surface area contributed by atoms with E-state index in [1.807, 2.05) is 32.0 Å². The van der Waals surface area contributed by atoms with Crippen molar-refractivity contribution < 1.29 is 9.59 Å². The van der Waals surface area contributed by atoms with Crippen molar-refractivity contribution in [3.63, 3.8) is 0 Å². The lowest BCUT2D eigenvalue weighted by Gasteiger charge is -2.14. The summed E-state index contributed by atoms with van der Waals surface area (Å²) in [6.07, 6.45) is 0.965. The maximum Gasteiger partial charge on any atom is 0.268 e. The molecular weight excluding hydrogens is 280 g/mol. The Morgan fingerprint density at radius 1 is 1.41 bits per heavy atom. The highest BCUT2D eigenvalue weighted by Crippen LogP contribution is 2.25. The Labute approximate surface area is 129 Å². The summed E-state index contributed by atoms with van der Waals surface area (Å²) < 4.78 is 0. The van der Waals surface area contributed by atoms with Crippen LogP contribution >= 0.6 is 0 Å². The third-order valence-corrected chi connectivity index (χ3v) is 4.01. The molecule has 1 saturated heterocycles. The highest BCUT2D eigenvalue weighted by atomic mass is 16.2. The largest absolute Gasteiger partial charge is 0.347 e. The first-order chi connectivity index (χ1) is 10.5. The lowest BCUT2D eigenvalue weighted by molar-refractivity contribution is -0.118. The lowest BCUT2D eigenvalue weighted by atomic mass is 10.1. The van der Waals surface area contributed by atoms with Crippen molar-refractivity contribution in [2.45, 2.75) is 32.7 Å². The van der Waals surface area contributed by atoms with Gasteiger partial charge in [-0.25, -0.2) is 0 Å². The highest BCUT2D eigenvalue weighted by Gasteiger charge is 2.31. The molecule has 3 rings (SSSR count). The average Bonchev–Trinajstić information content (AvgIpc) is 3.09. The minimum absolute atomic E-state index is 0.0549. The van der Waals surface area contributed by atoms with Crippen molar-refractivity contribution in [3.8, 4) is 0 Å². The van der Waals surface area contributed by atoms with Crippen LogP contribution in [0.1, 0.15) is 24.0 Å². The maximum absolute atomic E-state index is 12.2. The second-order valence-electron chi connectivity index (χ2n) is 5.88. The highest BCUT2D eigenvalue weighted by molar-refractivity contribution is 6.44. The third kappa shape index (κ3) is 2.87. The fourth-order valence-electron chi connectivity index (χ4n) is 2.83. The van der Waals surface area contributed by atoms with Crippen LogP contribution in [0.3, 0.4) is 0 Å². The molecule has 6 nitrogen and oxygen atoms in total. The number of nitrogens with zero attached hydrogens (tertiary/aromatic N) is 2. The monoisotopic (exact) mass is 300 g/mol. The predicted octanol–water partition coefficient (Wildman–Crippen LogP) is 0.874. The molecule has 2 amide bonds. The molecule has 1 aromatic rings. The van der Waals surface area contributed by atoms with E-state index in [1.165, 1.54) is 5.01 Å². The number of hydrogen-bond acceptors (Lipinski definition) is 4. The number of anilines is 1. The van der Waals surface area contributed by atoms with E-state index in [-0.39, 0.29) is 30.0 Å². The first-order valence-electron chi connectivity index (χ1n) is 7.54. The molecule has 2 aliphatic rings. The number of benzene rings is 1. The topological polar surface area (TPSA) is 73.8 Å². The van der Waals surface area contributed by atoms with E-state index >= 15 is 0 Å². The lowest BCUT2D eigenvalue weighted by Crippen LogP contribution is -2.40. The molecule has 22 heavy (non-hydrogen) atoms. The van der Waals surface area contributed by atoms with Gasteiger partial charge in [-0.05, 0) is 38.4 Å². The fraction of sp³-hybridized carbons (Fsp3) is 0.438. The SMILES string of the molecule is Cc1ccc(N2N=C(C(=O)N[C@H]3CCNC3)CC2=O)c(C)c1. The van der Waals surface area contributed by atoms with Gasteiger partial charge < -0.3 is 10.6 Å². The van der Waals surface area contributed by atoms with Gasteiger partial charge in [0.15, 0.2) is 0 Å². The zero-order valence-electron chi connectivity index (χ0n) is 12.8. The van der Waals surface area contributed by atoms with E-state index in [2.05, 4.69) is 15.7 Å². The Balaban J connectivity index is 1.77. The average molecular weight is 300 g/mol. The Hall–Kier alpha value is -2.21. The Kier molecular flexibility index (Phi) is 3.94. The molecule has 0 radical (unpaired) electrons. The quantitative estimate of drug-likeness (QED) is 0.870. The van der Waals surface area contributed by atoms with Crippen LogP contribution in [0.2, 0.25) is 0 Å². The van der Waals surface area contributed by atoms with E-state index in [0.29, 0.717) is 0 Å². The molecule has 2 heterocycles.